The topological polar surface area (TPSA) is 97.4 Å². The summed E-state index contributed by atoms with van der Waals surface area (Å²) in [6, 6.07) is 18.1. The number of amides is 2. The normalized spacial score (nSPS) is 10.8. The van der Waals surface area contributed by atoms with E-state index in [1.54, 1.807) is 30.3 Å². The van der Waals surface area contributed by atoms with Gasteiger partial charge in [-0.3, -0.25) is 9.59 Å². The second-order valence-corrected chi connectivity index (χ2v) is 6.32. The van der Waals surface area contributed by atoms with E-state index in [2.05, 4.69) is 15.8 Å². The number of aromatic nitrogens is 1. The zero-order valence-corrected chi connectivity index (χ0v) is 15.1. The van der Waals surface area contributed by atoms with Gasteiger partial charge in [0.1, 0.15) is 5.58 Å². The number of nitrogens with one attached hydrogen (secondary N) is 2. The fourth-order valence-corrected chi connectivity index (χ4v) is 2.86. The summed E-state index contributed by atoms with van der Waals surface area (Å²) in [5, 5.41) is 10.4. The van der Waals surface area contributed by atoms with Crippen LogP contribution in [0.25, 0.3) is 22.5 Å². The van der Waals surface area contributed by atoms with Gasteiger partial charge in [-0.2, -0.15) is 0 Å². The Morgan fingerprint density at radius 3 is 2.50 bits per heavy atom. The Kier molecular flexibility index (Phi) is 4.63. The zero-order chi connectivity index (χ0) is 19.5. The summed E-state index contributed by atoms with van der Waals surface area (Å²) in [7, 11) is 0. The van der Waals surface area contributed by atoms with Crippen LogP contribution >= 0.6 is 0 Å². The van der Waals surface area contributed by atoms with Crippen LogP contribution in [0.2, 0.25) is 0 Å². The Balaban J connectivity index is 1.43. The summed E-state index contributed by atoms with van der Waals surface area (Å²) in [4.78, 5) is 23.4. The molecule has 7 heteroatoms. The molecule has 4 rings (SSSR count). The molecule has 0 atom stereocenters. The first kappa shape index (κ1) is 17.5. The predicted octanol–water partition coefficient (Wildman–Crippen LogP) is 4.23. The SMILES string of the molecule is CC(=O)Nc1cccc(NC(=O)Cc2cc(-c3cc4ccccc4o3)on2)c1. The van der Waals surface area contributed by atoms with E-state index in [4.69, 9.17) is 8.94 Å². The summed E-state index contributed by atoms with van der Waals surface area (Å²) in [5.41, 5.74) is 2.44. The summed E-state index contributed by atoms with van der Waals surface area (Å²) < 4.78 is 11.1. The van der Waals surface area contributed by atoms with Gasteiger partial charge in [-0.15, -0.1) is 0 Å². The number of hydrogen-bond donors (Lipinski definition) is 2. The van der Waals surface area contributed by atoms with E-state index in [0.717, 1.165) is 11.0 Å². The molecule has 2 N–H and O–H groups in total. The van der Waals surface area contributed by atoms with Crippen molar-refractivity contribution in [2.45, 2.75) is 13.3 Å². The summed E-state index contributed by atoms with van der Waals surface area (Å²) in [5.74, 6) is 0.601. The van der Waals surface area contributed by atoms with Gasteiger partial charge >= 0.3 is 0 Å². The van der Waals surface area contributed by atoms with Crippen molar-refractivity contribution in [1.82, 2.24) is 5.16 Å². The van der Waals surface area contributed by atoms with Gasteiger partial charge in [0.05, 0.1) is 12.1 Å². The van der Waals surface area contributed by atoms with E-state index >= 15 is 0 Å². The maximum absolute atomic E-state index is 12.3. The summed E-state index contributed by atoms with van der Waals surface area (Å²) in [6.07, 6.45) is 0.0497. The first-order chi connectivity index (χ1) is 13.6. The molecule has 4 aromatic rings. The third-order valence-corrected chi connectivity index (χ3v) is 4.04. The molecule has 0 unspecified atom stereocenters. The number of fused-ring (bicyclic) bond motifs is 1. The van der Waals surface area contributed by atoms with Gasteiger partial charge in [-0.25, -0.2) is 0 Å². The van der Waals surface area contributed by atoms with Gasteiger partial charge in [-0.05, 0) is 30.3 Å². The standard InChI is InChI=1S/C21H17N3O4/c1-13(25)22-15-6-4-7-16(10-15)23-21(26)12-17-11-20(28-24-17)19-9-14-5-2-3-8-18(14)27-19/h2-11H,12H2,1H3,(H,22,25)(H,23,26). The van der Waals surface area contributed by atoms with Gasteiger partial charge in [0.25, 0.3) is 0 Å². The smallest absolute Gasteiger partial charge is 0.230 e. The lowest BCUT2D eigenvalue weighted by Gasteiger charge is -2.07. The maximum atomic E-state index is 12.3. The second-order valence-electron chi connectivity index (χ2n) is 6.32. The summed E-state index contributed by atoms with van der Waals surface area (Å²) >= 11 is 0. The van der Waals surface area contributed by atoms with Crippen LogP contribution in [0.5, 0.6) is 0 Å². The lowest BCUT2D eigenvalue weighted by Crippen LogP contribution is -2.15. The number of nitrogens with zero attached hydrogens (tertiary/aromatic N) is 1. The quantitative estimate of drug-likeness (QED) is 0.544. The van der Waals surface area contributed by atoms with Gasteiger partial charge in [0.15, 0.2) is 5.76 Å². The summed E-state index contributed by atoms with van der Waals surface area (Å²) in [6.45, 7) is 1.43. The van der Waals surface area contributed by atoms with Crippen molar-refractivity contribution in [2.75, 3.05) is 10.6 Å². The minimum Gasteiger partial charge on any atom is -0.453 e. The first-order valence-corrected chi connectivity index (χ1v) is 8.69. The Hall–Kier alpha value is -3.87. The Labute approximate surface area is 160 Å². The maximum Gasteiger partial charge on any atom is 0.230 e. The largest absolute Gasteiger partial charge is 0.453 e. The van der Waals surface area contributed by atoms with Crippen molar-refractivity contribution in [1.29, 1.82) is 0 Å². The van der Waals surface area contributed by atoms with Crippen molar-refractivity contribution in [3.05, 3.63) is 66.4 Å². The van der Waals surface area contributed by atoms with Gasteiger partial charge < -0.3 is 19.6 Å². The molecule has 140 valence electrons. The van der Waals surface area contributed by atoms with E-state index in [1.165, 1.54) is 6.92 Å². The minimum absolute atomic E-state index is 0.0497. The average molecular weight is 375 g/mol. The highest BCUT2D eigenvalue weighted by atomic mass is 16.5. The number of anilines is 2. The molecule has 0 saturated carbocycles. The predicted molar refractivity (Wildman–Crippen MR) is 105 cm³/mol. The Bertz CT molecular complexity index is 1130. The molecule has 0 fully saturated rings. The molecule has 0 bridgehead atoms. The number of benzene rings is 2. The molecule has 0 saturated heterocycles. The Morgan fingerprint density at radius 2 is 1.71 bits per heavy atom. The molecule has 0 spiro atoms. The van der Waals surface area contributed by atoms with Crippen molar-refractivity contribution < 1.29 is 18.5 Å². The minimum atomic E-state index is -0.246. The molecule has 0 radical (unpaired) electrons. The van der Waals surface area contributed by atoms with E-state index in [0.29, 0.717) is 28.6 Å². The highest BCUT2D eigenvalue weighted by molar-refractivity contribution is 5.94. The van der Waals surface area contributed by atoms with E-state index in [-0.39, 0.29) is 18.2 Å². The van der Waals surface area contributed by atoms with Crippen molar-refractivity contribution >= 4 is 34.2 Å². The van der Waals surface area contributed by atoms with Gasteiger partial charge in [0.2, 0.25) is 17.6 Å². The van der Waals surface area contributed by atoms with Crippen molar-refractivity contribution in [2.24, 2.45) is 0 Å². The molecule has 7 nitrogen and oxygen atoms in total. The molecule has 0 aliphatic rings. The number of carbonyl (C=O) groups is 2. The lowest BCUT2D eigenvalue weighted by atomic mass is 10.2. The fraction of sp³-hybridized carbons (Fsp3) is 0.0952. The van der Waals surface area contributed by atoms with Crippen LogP contribution in [0.3, 0.4) is 0 Å². The van der Waals surface area contributed by atoms with Crippen LogP contribution in [-0.2, 0) is 16.0 Å². The molecule has 2 amide bonds. The van der Waals surface area contributed by atoms with Crippen LogP contribution in [0.4, 0.5) is 11.4 Å². The Morgan fingerprint density at radius 1 is 0.929 bits per heavy atom. The second kappa shape index (κ2) is 7.40. The third kappa shape index (κ3) is 3.93. The van der Waals surface area contributed by atoms with E-state index in [1.807, 2.05) is 30.3 Å². The van der Waals surface area contributed by atoms with E-state index in [9.17, 15) is 9.59 Å². The first-order valence-electron chi connectivity index (χ1n) is 8.69. The fourth-order valence-electron chi connectivity index (χ4n) is 2.86. The highest BCUT2D eigenvalue weighted by Gasteiger charge is 2.14. The van der Waals surface area contributed by atoms with Crippen LogP contribution < -0.4 is 10.6 Å². The lowest BCUT2D eigenvalue weighted by molar-refractivity contribution is -0.116. The van der Waals surface area contributed by atoms with Crippen LogP contribution in [0.1, 0.15) is 12.6 Å². The van der Waals surface area contributed by atoms with Crippen molar-refractivity contribution in [3.8, 4) is 11.5 Å². The monoisotopic (exact) mass is 375 g/mol. The molecule has 0 aliphatic carbocycles. The number of rotatable bonds is 5. The molecular weight excluding hydrogens is 358 g/mol. The molecule has 2 aromatic carbocycles. The average Bonchev–Trinajstić information content (AvgIpc) is 3.27. The van der Waals surface area contributed by atoms with Crippen LogP contribution in [-0.4, -0.2) is 17.0 Å². The number of carbonyl (C=O) groups excluding carboxylic acids is 2. The number of para-hydroxylation sites is 1. The molecule has 28 heavy (non-hydrogen) atoms. The highest BCUT2D eigenvalue weighted by Crippen LogP contribution is 2.28. The molecule has 2 heterocycles. The number of furan rings is 1. The van der Waals surface area contributed by atoms with Gasteiger partial charge in [-0.1, -0.05) is 29.4 Å². The van der Waals surface area contributed by atoms with Crippen LogP contribution in [0, 0.1) is 0 Å². The van der Waals surface area contributed by atoms with Crippen LogP contribution in [0.15, 0.2) is 69.6 Å². The van der Waals surface area contributed by atoms with Crippen molar-refractivity contribution in [3.63, 3.8) is 0 Å². The number of hydrogen-bond acceptors (Lipinski definition) is 5. The van der Waals surface area contributed by atoms with E-state index < -0.39 is 0 Å². The third-order valence-electron chi connectivity index (χ3n) is 4.04. The molecule has 0 aliphatic heterocycles. The van der Waals surface area contributed by atoms with Gasteiger partial charge in [0, 0.05) is 29.8 Å². The zero-order valence-electron chi connectivity index (χ0n) is 15.1. The molecular formula is C21H17N3O4. The molecule has 2 aromatic heterocycles.